The van der Waals surface area contributed by atoms with E-state index < -0.39 is 11.7 Å². The van der Waals surface area contributed by atoms with Gasteiger partial charge in [-0.05, 0) is 37.0 Å². The molecule has 0 radical (unpaired) electrons. The third kappa shape index (κ3) is 3.20. The van der Waals surface area contributed by atoms with E-state index in [1.54, 1.807) is 0 Å². The Morgan fingerprint density at radius 3 is 2.57 bits per heavy atom. The first-order chi connectivity index (χ1) is 9.91. The van der Waals surface area contributed by atoms with Crippen molar-refractivity contribution in [2.75, 3.05) is 0 Å². The van der Waals surface area contributed by atoms with Gasteiger partial charge >= 0.3 is 6.18 Å². The van der Waals surface area contributed by atoms with E-state index in [9.17, 15) is 18.3 Å². The van der Waals surface area contributed by atoms with Crippen LogP contribution in [0, 0.1) is 0 Å². The Labute approximate surface area is 120 Å². The summed E-state index contributed by atoms with van der Waals surface area (Å²) in [6, 6.07) is 5.03. The first-order valence-corrected chi connectivity index (χ1v) is 6.99. The second-order valence-electron chi connectivity index (χ2n) is 5.58. The zero-order valence-electron chi connectivity index (χ0n) is 11.3. The number of aliphatic hydroxyl groups excluding tert-OH is 1. The van der Waals surface area contributed by atoms with Crippen LogP contribution in [0.15, 0.2) is 29.3 Å². The lowest BCUT2D eigenvalue weighted by molar-refractivity contribution is -0.137. The number of ether oxygens (including phenoxy) is 1. The average molecular weight is 299 g/mol. The summed E-state index contributed by atoms with van der Waals surface area (Å²) >= 11 is 0. The summed E-state index contributed by atoms with van der Waals surface area (Å²) < 4.78 is 43.2. The van der Waals surface area contributed by atoms with Gasteiger partial charge in [0.2, 0.25) is 0 Å². The summed E-state index contributed by atoms with van der Waals surface area (Å²) in [6.07, 6.45) is -2.16. The van der Waals surface area contributed by atoms with E-state index in [2.05, 4.69) is 4.99 Å². The van der Waals surface area contributed by atoms with Crippen molar-refractivity contribution in [1.82, 2.24) is 0 Å². The van der Waals surface area contributed by atoms with Gasteiger partial charge in [-0.25, -0.2) is 4.99 Å². The van der Waals surface area contributed by atoms with Gasteiger partial charge in [-0.1, -0.05) is 12.1 Å². The van der Waals surface area contributed by atoms with E-state index in [4.69, 9.17) is 4.74 Å². The molecule has 0 spiro atoms. The second-order valence-corrected chi connectivity index (χ2v) is 5.58. The largest absolute Gasteiger partial charge is 0.475 e. The topological polar surface area (TPSA) is 41.8 Å². The molecule has 0 amide bonds. The Hall–Kier alpha value is -1.56. The van der Waals surface area contributed by atoms with Crippen molar-refractivity contribution in [3.63, 3.8) is 0 Å². The Kier molecular flexibility index (Phi) is 3.65. The molecule has 3 unspecified atom stereocenters. The predicted molar refractivity (Wildman–Crippen MR) is 71.1 cm³/mol. The third-order valence-electron chi connectivity index (χ3n) is 3.96. The van der Waals surface area contributed by atoms with Crippen LogP contribution in [0.3, 0.4) is 0 Å². The Morgan fingerprint density at radius 1 is 1.19 bits per heavy atom. The fourth-order valence-electron chi connectivity index (χ4n) is 2.83. The molecule has 1 aromatic rings. The fraction of sp³-hybridized carbons (Fsp3) is 0.533. The molecule has 6 heteroatoms. The Bertz CT molecular complexity index is 539. The first-order valence-electron chi connectivity index (χ1n) is 6.99. The minimum atomic E-state index is -4.31. The number of aliphatic hydroxyl groups is 1. The lowest BCUT2D eigenvalue weighted by Crippen LogP contribution is -2.33. The number of rotatable bonds is 2. The van der Waals surface area contributed by atoms with E-state index in [1.165, 1.54) is 12.1 Å². The molecule has 0 bridgehead atoms. The zero-order valence-corrected chi connectivity index (χ0v) is 11.3. The van der Waals surface area contributed by atoms with E-state index in [1.807, 2.05) is 0 Å². The van der Waals surface area contributed by atoms with E-state index >= 15 is 0 Å². The van der Waals surface area contributed by atoms with Crippen molar-refractivity contribution < 1.29 is 23.0 Å². The molecular weight excluding hydrogens is 283 g/mol. The minimum Gasteiger partial charge on any atom is -0.475 e. The zero-order chi connectivity index (χ0) is 15.0. The van der Waals surface area contributed by atoms with Crippen LogP contribution in [0.4, 0.5) is 13.2 Å². The number of benzene rings is 1. The summed E-state index contributed by atoms with van der Waals surface area (Å²) in [5.74, 6) is 0.554. The number of hydrogen-bond acceptors (Lipinski definition) is 3. The third-order valence-corrected chi connectivity index (χ3v) is 3.96. The Morgan fingerprint density at radius 2 is 1.90 bits per heavy atom. The van der Waals surface area contributed by atoms with Crippen LogP contribution in [-0.2, 0) is 17.3 Å². The minimum absolute atomic E-state index is 0.0119. The molecule has 21 heavy (non-hydrogen) atoms. The van der Waals surface area contributed by atoms with Crippen LogP contribution in [0.2, 0.25) is 0 Å². The highest BCUT2D eigenvalue weighted by Gasteiger charge is 2.36. The summed E-state index contributed by atoms with van der Waals surface area (Å²) in [5.41, 5.74) is 0.0817. The molecule has 1 aliphatic carbocycles. The predicted octanol–water partition coefficient (Wildman–Crippen LogP) is 2.96. The van der Waals surface area contributed by atoms with Gasteiger partial charge < -0.3 is 9.84 Å². The van der Waals surface area contributed by atoms with Crippen molar-refractivity contribution in [2.24, 2.45) is 4.99 Å². The molecule has 1 fully saturated rings. The van der Waals surface area contributed by atoms with Crippen LogP contribution >= 0.6 is 0 Å². The molecule has 3 rings (SSSR count). The molecule has 1 saturated carbocycles. The van der Waals surface area contributed by atoms with Crippen LogP contribution < -0.4 is 0 Å². The maximum atomic E-state index is 12.5. The number of hydrogen-bond donors (Lipinski definition) is 1. The van der Waals surface area contributed by atoms with E-state index in [-0.39, 0.29) is 18.2 Å². The van der Waals surface area contributed by atoms with Crippen molar-refractivity contribution in [1.29, 1.82) is 0 Å². The maximum Gasteiger partial charge on any atom is 0.416 e. The van der Waals surface area contributed by atoms with E-state index in [0.717, 1.165) is 24.1 Å². The van der Waals surface area contributed by atoms with Crippen LogP contribution in [0.5, 0.6) is 0 Å². The molecule has 0 saturated heterocycles. The first kappa shape index (κ1) is 14.4. The van der Waals surface area contributed by atoms with Crippen LogP contribution in [0.25, 0.3) is 0 Å². The van der Waals surface area contributed by atoms with Crippen molar-refractivity contribution in [2.45, 2.75) is 50.1 Å². The lowest BCUT2D eigenvalue weighted by atomic mass is 9.91. The molecule has 114 valence electrons. The van der Waals surface area contributed by atoms with Crippen LogP contribution in [-0.4, -0.2) is 29.3 Å². The number of halogens is 3. The summed E-state index contributed by atoms with van der Waals surface area (Å²) in [5, 5.41) is 9.61. The summed E-state index contributed by atoms with van der Waals surface area (Å²) in [4.78, 5) is 4.44. The number of nitrogens with zero attached hydrogens (tertiary/aromatic N) is 1. The smallest absolute Gasteiger partial charge is 0.416 e. The quantitative estimate of drug-likeness (QED) is 0.912. The van der Waals surface area contributed by atoms with Gasteiger partial charge in [0.05, 0.1) is 17.7 Å². The second kappa shape index (κ2) is 5.33. The standard InChI is InChI=1S/C15H16F3NO2/c16-15(17,18)10-3-1-9(2-4-10)7-14-19-12-8-11(20)5-6-13(12)21-14/h1-4,11-13,20H,5-8H2. The summed E-state index contributed by atoms with van der Waals surface area (Å²) in [6.45, 7) is 0. The molecule has 1 N–H and O–H groups in total. The highest BCUT2D eigenvalue weighted by molar-refractivity contribution is 5.80. The number of fused-ring (bicyclic) bond motifs is 1. The number of aliphatic imine (C=N–C) groups is 1. The van der Waals surface area contributed by atoms with Gasteiger partial charge in [-0.3, -0.25) is 0 Å². The van der Waals surface area contributed by atoms with Gasteiger partial charge in [0.15, 0.2) is 5.90 Å². The molecule has 1 heterocycles. The fourth-order valence-corrected chi connectivity index (χ4v) is 2.83. The molecular formula is C15H16F3NO2. The monoisotopic (exact) mass is 299 g/mol. The van der Waals surface area contributed by atoms with Gasteiger partial charge in [-0.15, -0.1) is 0 Å². The van der Waals surface area contributed by atoms with Gasteiger partial charge in [-0.2, -0.15) is 13.2 Å². The normalized spacial score (nSPS) is 28.8. The van der Waals surface area contributed by atoms with Crippen molar-refractivity contribution >= 4 is 5.90 Å². The lowest BCUT2D eigenvalue weighted by Gasteiger charge is -2.26. The van der Waals surface area contributed by atoms with Gasteiger partial charge in [0.1, 0.15) is 6.10 Å². The van der Waals surface area contributed by atoms with Crippen molar-refractivity contribution in [3.8, 4) is 0 Å². The molecule has 2 aliphatic rings. The molecule has 3 atom stereocenters. The highest BCUT2D eigenvalue weighted by atomic mass is 19.4. The average Bonchev–Trinajstić information content (AvgIpc) is 2.79. The SMILES string of the molecule is OC1CCC2OC(Cc3ccc(C(F)(F)F)cc3)=NC2C1. The van der Waals surface area contributed by atoms with Crippen molar-refractivity contribution in [3.05, 3.63) is 35.4 Å². The molecule has 1 aliphatic heterocycles. The highest BCUT2D eigenvalue weighted by Crippen LogP contribution is 2.31. The Balaban J connectivity index is 1.66. The van der Waals surface area contributed by atoms with Gasteiger partial charge in [0, 0.05) is 6.42 Å². The maximum absolute atomic E-state index is 12.5. The molecule has 3 nitrogen and oxygen atoms in total. The molecule has 1 aromatic carbocycles. The van der Waals surface area contributed by atoms with E-state index in [0.29, 0.717) is 25.2 Å². The number of alkyl halides is 3. The summed E-state index contributed by atoms with van der Waals surface area (Å²) in [7, 11) is 0. The van der Waals surface area contributed by atoms with Gasteiger partial charge in [0.25, 0.3) is 0 Å². The van der Waals surface area contributed by atoms with Crippen LogP contribution in [0.1, 0.15) is 30.4 Å². The molecule has 0 aromatic heterocycles.